The zero-order valence-electron chi connectivity index (χ0n) is 21.0. The van der Waals surface area contributed by atoms with Gasteiger partial charge in [0.1, 0.15) is 29.6 Å². The Morgan fingerprint density at radius 2 is 1.69 bits per heavy atom. The van der Waals surface area contributed by atoms with Gasteiger partial charge in [-0.2, -0.15) is 0 Å². The summed E-state index contributed by atoms with van der Waals surface area (Å²) in [7, 11) is 0. The molecule has 2 amide bonds. The number of carbonyl (C=O) groups excluding carboxylic acids is 2. The number of hydrogen-bond donors (Lipinski definition) is 1. The second-order valence-electron chi connectivity index (χ2n) is 10.4. The third-order valence-corrected chi connectivity index (χ3v) is 8.10. The second kappa shape index (κ2) is 9.91. The normalized spacial score (nSPS) is 21.4. The van der Waals surface area contributed by atoms with E-state index in [2.05, 4.69) is 5.32 Å². The summed E-state index contributed by atoms with van der Waals surface area (Å²) in [6.45, 7) is -0.189. The molecule has 1 saturated carbocycles. The lowest BCUT2D eigenvalue weighted by Crippen LogP contribution is -2.62. The van der Waals surface area contributed by atoms with Crippen molar-refractivity contribution < 1.29 is 27.5 Å². The van der Waals surface area contributed by atoms with Crippen LogP contribution in [0.25, 0.3) is 0 Å². The fourth-order valence-corrected chi connectivity index (χ4v) is 6.17. The number of fused-ring (bicyclic) bond motifs is 3. The Morgan fingerprint density at radius 1 is 1.00 bits per heavy atom. The van der Waals surface area contributed by atoms with Gasteiger partial charge in [-0.1, -0.05) is 30.3 Å². The van der Waals surface area contributed by atoms with Gasteiger partial charge in [-0.3, -0.25) is 14.4 Å². The zero-order chi connectivity index (χ0) is 27.3. The lowest BCUT2D eigenvalue weighted by Gasteiger charge is -2.54. The summed E-state index contributed by atoms with van der Waals surface area (Å²) in [5, 5.41) is 2.35. The highest BCUT2D eigenvalue weighted by atomic mass is 19.1. The molecular weight excluding hydrogens is 511 g/mol. The highest BCUT2D eigenvalue weighted by molar-refractivity contribution is 5.99. The molecule has 4 aliphatic rings. The van der Waals surface area contributed by atoms with E-state index in [-0.39, 0.29) is 41.6 Å². The summed E-state index contributed by atoms with van der Waals surface area (Å²) in [5.74, 6) is -4.45. The van der Waals surface area contributed by atoms with E-state index in [9.17, 15) is 27.6 Å². The molecule has 2 aromatic carbocycles. The molecule has 2 saturated heterocycles. The first-order valence-electron chi connectivity index (χ1n) is 13.0. The highest BCUT2D eigenvalue weighted by Crippen LogP contribution is 2.43. The summed E-state index contributed by atoms with van der Waals surface area (Å²) in [6, 6.07) is 10.2. The molecule has 3 aliphatic heterocycles. The van der Waals surface area contributed by atoms with Crippen molar-refractivity contribution in [2.45, 2.75) is 57.5 Å². The first-order chi connectivity index (χ1) is 18.8. The van der Waals surface area contributed by atoms with Gasteiger partial charge in [0.05, 0.1) is 6.04 Å². The van der Waals surface area contributed by atoms with E-state index in [1.54, 1.807) is 4.57 Å². The van der Waals surface area contributed by atoms with Gasteiger partial charge in [-0.15, -0.1) is 0 Å². The van der Waals surface area contributed by atoms with E-state index in [1.165, 1.54) is 6.20 Å². The molecule has 1 unspecified atom stereocenters. The third-order valence-electron chi connectivity index (χ3n) is 8.10. The molecule has 1 aromatic heterocycles. The van der Waals surface area contributed by atoms with Gasteiger partial charge in [0.15, 0.2) is 11.4 Å². The van der Waals surface area contributed by atoms with Crippen LogP contribution in [0.15, 0.2) is 53.5 Å². The smallest absolute Gasteiger partial charge is 0.275 e. The molecular formula is C29H26F3N3O4. The Labute approximate surface area is 222 Å². The van der Waals surface area contributed by atoms with Gasteiger partial charge in [-0.25, -0.2) is 13.2 Å². The van der Waals surface area contributed by atoms with Crippen LogP contribution < -0.4 is 15.5 Å². The average Bonchev–Trinajstić information content (AvgIpc) is 2.93. The van der Waals surface area contributed by atoms with Gasteiger partial charge in [-0.05, 0) is 37.2 Å². The van der Waals surface area contributed by atoms with Crippen LogP contribution in [-0.4, -0.2) is 33.4 Å². The van der Waals surface area contributed by atoms with Gasteiger partial charge >= 0.3 is 0 Å². The number of ether oxygens (including phenoxy) is 1. The van der Waals surface area contributed by atoms with E-state index < -0.39 is 40.9 Å². The second-order valence-corrected chi connectivity index (χ2v) is 10.4. The number of carbonyl (C=O) groups is 2. The summed E-state index contributed by atoms with van der Waals surface area (Å²) in [6.07, 6.45) is 5.22. The van der Waals surface area contributed by atoms with Crippen LogP contribution in [0.4, 0.5) is 13.2 Å². The number of rotatable bonds is 6. The summed E-state index contributed by atoms with van der Waals surface area (Å²) in [4.78, 5) is 42.4. The molecule has 7 nitrogen and oxygen atoms in total. The quantitative estimate of drug-likeness (QED) is 0.512. The molecule has 1 atom stereocenters. The minimum Gasteiger partial charge on any atom is -0.483 e. The van der Waals surface area contributed by atoms with Crippen LogP contribution >= 0.6 is 0 Å². The molecule has 2 bridgehead atoms. The van der Waals surface area contributed by atoms with Crippen molar-refractivity contribution in [3.05, 3.63) is 98.7 Å². The number of aromatic nitrogens is 1. The zero-order valence-corrected chi connectivity index (χ0v) is 21.0. The average molecular weight is 538 g/mol. The van der Waals surface area contributed by atoms with E-state index in [0.29, 0.717) is 24.6 Å². The van der Waals surface area contributed by atoms with Gasteiger partial charge in [0.2, 0.25) is 5.43 Å². The minimum absolute atomic E-state index is 0.00289. The number of nitrogens with zero attached hydrogens (tertiary/aromatic N) is 2. The molecule has 4 heterocycles. The highest BCUT2D eigenvalue weighted by Gasteiger charge is 2.48. The Morgan fingerprint density at radius 3 is 2.38 bits per heavy atom. The number of piperidine rings is 2. The van der Waals surface area contributed by atoms with Crippen molar-refractivity contribution in [2.24, 2.45) is 5.92 Å². The largest absolute Gasteiger partial charge is 0.483 e. The van der Waals surface area contributed by atoms with Gasteiger partial charge < -0.3 is 19.5 Å². The molecule has 0 radical (unpaired) electrons. The molecule has 10 heteroatoms. The van der Waals surface area contributed by atoms with Crippen LogP contribution in [-0.2, 0) is 19.7 Å². The van der Waals surface area contributed by atoms with Crippen LogP contribution in [0.5, 0.6) is 5.75 Å². The standard InChI is InChI=1S/C29H26F3N3O4/c30-18-10-22(31)20(23(32)11-18)12-33-28(37)21-13-34-14-24-17-6-8-19(9-7-17)35(24)29(38)25(34)27(26(21)36)39-15-16-4-2-1-3-5-16/h1-5,10-11,13,17,19,24H,6-9,12,14-15H2,(H,33,37)/t17-,19+,24?. The van der Waals surface area contributed by atoms with Crippen LogP contribution in [0.2, 0.25) is 0 Å². The lowest BCUT2D eigenvalue weighted by atomic mass is 9.73. The number of nitrogens with one attached hydrogen (secondary N) is 1. The van der Waals surface area contributed by atoms with Gasteiger partial charge in [0, 0.05) is 43.0 Å². The van der Waals surface area contributed by atoms with Crippen LogP contribution in [0.1, 0.15) is 57.7 Å². The maximum Gasteiger partial charge on any atom is 0.275 e. The summed E-state index contributed by atoms with van der Waals surface area (Å²) in [5.41, 5.74) is -0.763. The van der Waals surface area contributed by atoms with E-state index in [0.717, 1.165) is 31.2 Å². The fourth-order valence-electron chi connectivity index (χ4n) is 6.17. The number of pyridine rings is 1. The predicted octanol–water partition coefficient (Wildman–Crippen LogP) is 4.17. The Bertz CT molecular complexity index is 1490. The fraction of sp³-hybridized carbons (Fsp3) is 0.345. The number of halogens is 3. The number of hydrogen-bond acceptors (Lipinski definition) is 4. The predicted molar refractivity (Wildman–Crippen MR) is 135 cm³/mol. The van der Waals surface area contributed by atoms with Crippen molar-refractivity contribution in [1.82, 2.24) is 14.8 Å². The molecule has 7 rings (SSSR count). The van der Waals surface area contributed by atoms with Crippen LogP contribution in [0.3, 0.4) is 0 Å². The maximum absolute atomic E-state index is 14.1. The Hall–Kier alpha value is -4.08. The Kier molecular flexibility index (Phi) is 6.40. The lowest BCUT2D eigenvalue weighted by molar-refractivity contribution is -0.0182. The van der Waals surface area contributed by atoms with Crippen molar-refractivity contribution in [3.63, 3.8) is 0 Å². The topological polar surface area (TPSA) is 80.6 Å². The first kappa shape index (κ1) is 25.2. The van der Waals surface area contributed by atoms with E-state index in [1.807, 2.05) is 35.2 Å². The van der Waals surface area contributed by atoms with E-state index >= 15 is 0 Å². The molecule has 1 N–H and O–H groups in total. The van der Waals surface area contributed by atoms with E-state index in [4.69, 9.17) is 4.74 Å². The molecule has 3 fully saturated rings. The van der Waals surface area contributed by atoms with Crippen molar-refractivity contribution in [2.75, 3.05) is 0 Å². The third kappa shape index (κ3) is 4.47. The monoisotopic (exact) mass is 537 g/mol. The summed E-state index contributed by atoms with van der Waals surface area (Å²) < 4.78 is 49.0. The molecule has 0 spiro atoms. The maximum atomic E-state index is 14.1. The van der Waals surface area contributed by atoms with Crippen molar-refractivity contribution in [1.29, 1.82) is 0 Å². The molecule has 202 valence electrons. The molecule has 3 aromatic rings. The molecule has 39 heavy (non-hydrogen) atoms. The van der Waals surface area contributed by atoms with Gasteiger partial charge in [0.25, 0.3) is 11.8 Å². The van der Waals surface area contributed by atoms with Crippen molar-refractivity contribution in [3.8, 4) is 5.75 Å². The Balaban J connectivity index is 1.37. The van der Waals surface area contributed by atoms with Crippen LogP contribution in [0, 0.1) is 23.4 Å². The number of amides is 2. The first-order valence-corrected chi connectivity index (χ1v) is 13.0. The SMILES string of the molecule is O=C(NCc1c(F)cc(F)cc1F)c1cn2c(c(OCc3ccccc3)c1=O)C(=O)N1C(C2)[C@H]2CC[C@@H]1CC2. The van der Waals surface area contributed by atoms with Crippen molar-refractivity contribution >= 4 is 11.8 Å². The summed E-state index contributed by atoms with van der Waals surface area (Å²) >= 11 is 0. The molecule has 1 aliphatic carbocycles. The minimum atomic E-state index is -1.15. The number of benzene rings is 2.